The van der Waals surface area contributed by atoms with Gasteiger partial charge in [0.05, 0.1) is 31.1 Å². The number of carbonyl (C=O) groups excluding carboxylic acids is 1. The number of hydrogen-bond donors (Lipinski definition) is 3. The Balaban J connectivity index is 1.15. The van der Waals surface area contributed by atoms with Gasteiger partial charge in [0.2, 0.25) is 5.91 Å². The zero-order chi connectivity index (χ0) is 27.7. The molecule has 1 heterocycles. The first-order valence-corrected chi connectivity index (χ1v) is 15.6. The third-order valence-corrected chi connectivity index (χ3v) is 12.8. The van der Waals surface area contributed by atoms with Crippen LogP contribution in [-0.2, 0) is 11.2 Å². The number of hydrogen-bond acceptors (Lipinski definition) is 5. The molecule has 3 N–H and O–H groups in total. The van der Waals surface area contributed by atoms with Crippen LogP contribution in [0, 0.1) is 46.3 Å². The van der Waals surface area contributed by atoms with Gasteiger partial charge in [0.25, 0.3) is 0 Å². The number of nitrogens with zero attached hydrogens (tertiary/aromatic N) is 1. The molecule has 0 saturated heterocycles. The van der Waals surface area contributed by atoms with Crippen molar-refractivity contribution in [3.63, 3.8) is 0 Å². The van der Waals surface area contributed by atoms with Crippen molar-refractivity contribution in [1.29, 1.82) is 0 Å². The third-order valence-electron chi connectivity index (χ3n) is 12.8. The van der Waals surface area contributed by atoms with Gasteiger partial charge in [-0.2, -0.15) is 0 Å². The summed E-state index contributed by atoms with van der Waals surface area (Å²) < 4.78 is 5.40. The Labute approximate surface area is 234 Å². The number of aliphatic hydroxyl groups excluding tert-OH is 3. The fourth-order valence-corrected chi connectivity index (χ4v) is 10.6. The summed E-state index contributed by atoms with van der Waals surface area (Å²) in [5.41, 5.74) is 2.06. The Hall–Kier alpha value is -1.63. The van der Waals surface area contributed by atoms with Gasteiger partial charge in [0.15, 0.2) is 0 Å². The minimum atomic E-state index is -0.387. The Bertz CT molecular complexity index is 1090. The monoisotopic (exact) mass is 539 g/mol. The lowest BCUT2D eigenvalue weighted by Gasteiger charge is -2.63. The molecule has 4 fully saturated rings. The highest BCUT2D eigenvalue weighted by Gasteiger charge is 2.65. The number of methoxy groups -OCH3 is 1. The van der Waals surface area contributed by atoms with Crippen molar-refractivity contribution >= 4 is 11.6 Å². The Kier molecular flexibility index (Phi) is 7.08. The molecule has 0 aromatic heterocycles. The van der Waals surface area contributed by atoms with Crippen LogP contribution in [-0.4, -0.2) is 53.2 Å². The molecule has 6 heteroatoms. The molecule has 216 valence electrons. The third kappa shape index (κ3) is 4.26. The number of anilines is 1. The van der Waals surface area contributed by atoms with Gasteiger partial charge in [-0.25, -0.2) is 0 Å². The van der Waals surface area contributed by atoms with Gasteiger partial charge in [-0.1, -0.05) is 26.8 Å². The normalized spacial score (nSPS) is 43.7. The Morgan fingerprint density at radius 2 is 1.90 bits per heavy atom. The quantitative estimate of drug-likeness (QED) is 0.492. The summed E-state index contributed by atoms with van der Waals surface area (Å²) in [5, 5.41) is 33.7. The molecule has 0 spiro atoms. The molecule has 0 radical (unpaired) electrons. The van der Waals surface area contributed by atoms with Crippen LogP contribution < -0.4 is 9.64 Å². The van der Waals surface area contributed by atoms with Gasteiger partial charge in [0.1, 0.15) is 5.75 Å². The van der Waals surface area contributed by atoms with Crippen molar-refractivity contribution in [2.75, 3.05) is 18.6 Å². The molecule has 6 rings (SSSR count). The number of amides is 1. The minimum absolute atomic E-state index is 0.0935. The van der Waals surface area contributed by atoms with Crippen LogP contribution in [0.5, 0.6) is 5.75 Å². The van der Waals surface area contributed by atoms with Crippen molar-refractivity contribution in [2.24, 2.45) is 46.3 Å². The molecule has 0 unspecified atom stereocenters. The van der Waals surface area contributed by atoms with E-state index < -0.39 is 0 Å². The average Bonchev–Trinajstić information content (AvgIpc) is 3.50. The number of carbonyl (C=O) groups is 1. The van der Waals surface area contributed by atoms with E-state index in [-0.39, 0.29) is 41.0 Å². The first-order chi connectivity index (χ1) is 18.6. The summed E-state index contributed by atoms with van der Waals surface area (Å²) >= 11 is 0. The fourth-order valence-electron chi connectivity index (χ4n) is 10.6. The second-order valence-electron chi connectivity index (χ2n) is 14.3. The van der Waals surface area contributed by atoms with Gasteiger partial charge < -0.3 is 25.0 Å². The zero-order valence-corrected chi connectivity index (χ0v) is 24.3. The minimum Gasteiger partial charge on any atom is -0.497 e. The van der Waals surface area contributed by atoms with Crippen LogP contribution in [0.3, 0.4) is 0 Å². The van der Waals surface area contributed by atoms with Crippen molar-refractivity contribution in [3.05, 3.63) is 23.8 Å². The standard InChI is InChI=1S/C33H49NO5/c1-19(5-10-30(38)34-14-12-20-6-7-23(39-4)17-27(20)34)24-8-9-25-31-26(18-29(37)33(24,25)3)32(2)13-11-22(35)15-21(32)16-28(31)36/h6-7,17,19,21-22,24-26,28-29,31,35-37H,5,8-16,18H2,1-4H3/t19-,21+,22-,24-,25+,26+,28-,29+,31+,32+,33-/m1/s1. The molecule has 0 bridgehead atoms. The highest BCUT2D eigenvalue weighted by atomic mass is 16.5. The number of aliphatic hydroxyl groups is 3. The van der Waals surface area contributed by atoms with E-state index in [0.717, 1.165) is 75.8 Å². The van der Waals surface area contributed by atoms with Crippen LogP contribution in [0.25, 0.3) is 0 Å². The van der Waals surface area contributed by atoms with E-state index in [4.69, 9.17) is 4.74 Å². The van der Waals surface area contributed by atoms with Gasteiger partial charge >= 0.3 is 0 Å². The lowest BCUT2D eigenvalue weighted by molar-refractivity contribution is -0.207. The molecule has 1 aromatic rings. The van der Waals surface area contributed by atoms with E-state index in [1.54, 1.807) is 7.11 Å². The topological polar surface area (TPSA) is 90.2 Å². The molecule has 39 heavy (non-hydrogen) atoms. The van der Waals surface area contributed by atoms with E-state index in [0.29, 0.717) is 36.0 Å². The van der Waals surface area contributed by atoms with Crippen LogP contribution in [0.15, 0.2) is 18.2 Å². The van der Waals surface area contributed by atoms with Crippen LogP contribution >= 0.6 is 0 Å². The fraction of sp³-hybridized carbons (Fsp3) is 0.788. The molecule has 5 aliphatic rings. The van der Waals surface area contributed by atoms with E-state index in [9.17, 15) is 20.1 Å². The first kappa shape index (κ1) is 27.5. The lowest BCUT2D eigenvalue weighted by atomic mass is 9.43. The summed E-state index contributed by atoms with van der Waals surface area (Å²) in [7, 11) is 1.66. The SMILES string of the molecule is COc1ccc2c(c1)N(C(=O)CC[C@@H](C)[C@H]1CC[C@H]3[C@@H]4[C@H](O)C[C@@H]5C[C@H](O)CC[C@]5(C)[C@H]4C[C@H](O)[C@]13C)CC2. The highest BCUT2D eigenvalue weighted by Crippen LogP contribution is 2.68. The number of ether oxygens (including phenoxy) is 1. The maximum absolute atomic E-state index is 13.4. The lowest BCUT2D eigenvalue weighted by Crippen LogP contribution is -2.62. The van der Waals surface area contributed by atoms with E-state index in [1.807, 2.05) is 17.0 Å². The summed E-state index contributed by atoms with van der Waals surface area (Å²) in [4.78, 5) is 15.3. The van der Waals surface area contributed by atoms with Crippen molar-refractivity contribution in [1.82, 2.24) is 0 Å². The molecule has 1 aromatic carbocycles. The molecule has 4 aliphatic carbocycles. The molecule has 1 aliphatic heterocycles. The van der Waals surface area contributed by atoms with Gasteiger partial charge in [-0.3, -0.25) is 4.79 Å². The molecule has 6 nitrogen and oxygen atoms in total. The van der Waals surface area contributed by atoms with Gasteiger partial charge in [-0.05, 0) is 116 Å². The summed E-state index contributed by atoms with van der Waals surface area (Å²) in [6.45, 7) is 7.69. The van der Waals surface area contributed by atoms with Crippen molar-refractivity contribution in [2.45, 2.75) is 103 Å². The summed E-state index contributed by atoms with van der Waals surface area (Å²) in [5.74, 6) is 2.84. The second-order valence-corrected chi connectivity index (χ2v) is 14.3. The molecule has 11 atom stereocenters. The van der Waals surface area contributed by atoms with Crippen LogP contribution in [0.1, 0.15) is 84.1 Å². The maximum Gasteiger partial charge on any atom is 0.227 e. The average molecular weight is 540 g/mol. The van der Waals surface area contributed by atoms with Crippen molar-refractivity contribution in [3.8, 4) is 5.75 Å². The predicted molar refractivity (Wildman–Crippen MR) is 151 cm³/mol. The Morgan fingerprint density at radius 3 is 2.67 bits per heavy atom. The molecular formula is C33H49NO5. The van der Waals surface area contributed by atoms with Crippen molar-refractivity contribution < 1.29 is 24.9 Å². The predicted octanol–water partition coefficient (Wildman–Crippen LogP) is 4.96. The molecule has 4 saturated carbocycles. The molecule has 1 amide bonds. The van der Waals surface area contributed by atoms with Gasteiger partial charge in [-0.15, -0.1) is 0 Å². The second kappa shape index (κ2) is 10.0. The summed E-state index contributed by atoms with van der Waals surface area (Å²) in [6, 6.07) is 6.02. The largest absolute Gasteiger partial charge is 0.497 e. The van der Waals surface area contributed by atoms with E-state index in [1.165, 1.54) is 5.56 Å². The number of rotatable bonds is 5. The number of fused-ring (bicyclic) bond motifs is 6. The number of benzene rings is 1. The molecular weight excluding hydrogens is 490 g/mol. The Morgan fingerprint density at radius 1 is 1.10 bits per heavy atom. The smallest absolute Gasteiger partial charge is 0.227 e. The summed E-state index contributed by atoms with van der Waals surface area (Å²) in [6.07, 6.45) is 7.52. The van der Waals surface area contributed by atoms with Crippen LogP contribution in [0.4, 0.5) is 5.69 Å². The van der Waals surface area contributed by atoms with E-state index >= 15 is 0 Å². The zero-order valence-electron chi connectivity index (χ0n) is 24.3. The maximum atomic E-state index is 13.4. The highest BCUT2D eigenvalue weighted by molar-refractivity contribution is 5.95. The van der Waals surface area contributed by atoms with Crippen LogP contribution in [0.2, 0.25) is 0 Å². The first-order valence-electron chi connectivity index (χ1n) is 15.6. The van der Waals surface area contributed by atoms with Gasteiger partial charge in [0, 0.05) is 19.0 Å². The van der Waals surface area contributed by atoms with E-state index in [2.05, 4.69) is 26.8 Å².